The monoisotopic (exact) mass is 317 g/mol. The lowest BCUT2D eigenvalue weighted by Gasteiger charge is -2.12. The third-order valence-electron chi connectivity index (χ3n) is 3.00. The molecule has 1 aromatic heterocycles. The van der Waals surface area contributed by atoms with Crippen LogP contribution in [0.2, 0.25) is 0 Å². The summed E-state index contributed by atoms with van der Waals surface area (Å²) in [7, 11) is 1.60. The highest BCUT2D eigenvalue weighted by molar-refractivity contribution is 7.18. The summed E-state index contributed by atoms with van der Waals surface area (Å²) < 4.78 is 0. The first-order valence-corrected chi connectivity index (χ1v) is 7.66. The molecule has 0 fully saturated rings. The van der Waals surface area contributed by atoms with Crippen LogP contribution in [0.1, 0.15) is 18.7 Å². The number of rotatable bonds is 4. The molecule has 0 aliphatic carbocycles. The molecule has 1 heterocycles. The summed E-state index contributed by atoms with van der Waals surface area (Å²) in [6.45, 7) is 3.63. The lowest BCUT2D eigenvalue weighted by Crippen LogP contribution is -2.32. The van der Waals surface area contributed by atoms with E-state index in [1.54, 1.807) is 7.05 Å². The minimum atomic E-state index is -0.135. The molecule has 6 nitrogen and oxygen atoms in total. The van der Waals surface area contributed by atoms with Crippen molar-refractivity contribution in [2.24, 2.45) is 11.8 Å². The zero-order valence-corrected chi connectivity index (χ0v) is 13.6. The molecule has 0 aliphatic heterocycles. The van der Waals surface area contributed by atoms with Crippen molar-refractivity contribution in [3.8, 4) is 11.3 Å². The fourth-order valence-corrected chi connectivity index (χ4v) is 2.72. The summed E-state index contributed by atoms with van der Waals surface area (Å²) in [5.41, 5.74) is 1.53. The maximum absolute atomic E-state index is 11.8. The summed E-state index contributed by atoms with van der Waals surface area (Å²) in [6, 6.07) is 9.55. The van der Waals surface area contributed by atoms with Gasteiger partial charge >= 0.3 is 0 Å². The second-order valence-corrected chi connectivity index (χ2v) is 6.17. The molecule has 0 aliphatic rings. The Morgan fingerprint density at radius 2 is 2.00 bits per heavy atom. The number of nitrogens with one attached hydrogen (secondary N) is 2. The van der Waals surface area contributed by atoms with Crippen molar-refractivity contribution in [1.29, 1.82) is 5.41 Å². The van der Waals surface area contributed by atoms with Crippen LogP contribution in [0.25, 0.3) is 11.3 Å². The summed E-state index contributed by atoms with van der Waals surface area (Å²) in [4.78, 5) is 16.9. The number of hydrogen-bond donors (Lipinski definition) is 3. The number of carbonyl (C=O) groups is 1. The number of benzene rings is 1. The topological polar surface area (TPSA) is 95.1 Å². The average molecular weight is 317 g/mol. The van der Waals surface area contributed by atoms with Gasteiger partial charge in [-0.2, -0.15) is 0 Å². The van der Waals surface area contributed by atoms with Gasteiger partial charge in [-0.25, -0.2) is 10.8 Å². The van der Waals surface area contributed by atoms with Gasteiger partial charge in [-0.3, -0.25) is 15.2 Å². The average Bonchev–Trinajstić information content (AvgIpc) is 2.90. The van der Waals surface area contributed by atoms with Crippen LogP contribution in [-0.4, -0.2) is 28.8 Å². The Morgan fingerprint density at radius 1 is 1.36 bits per heavy atom. The van der Waals surface area contributed by atoms with E-state index in [1.165, 1.54) is 16.3 Å². The molecule has 0 spiro atoms. The standard InChI is InChI=1S/C15H19N5OS/c1-9(2)14(21)19-15-18-11(10-7-5-4-6-8-10)12(22-15)13(16)20(3)17/h4-9,16H,17H2,1-3H3,(H,18,19,21). The zero-order chi connectivity index (χ0) is 16.3. The van der Waals surface area contributed by atoms with E-state index in [0.29, 0.717) is 15.7 Å². The number of anilines is 1. The number of carbonyl (C=O) groups excluding carboxylic acids is 1. The Hall–Kier alpha value is -2.25. The quantitative estimate of drug-likeness (QED) is 0.349. The molecule has 4 N–H and O–H groups in total. The summed E-state index contributed by atoms with van der Waals surface area (Å²) in [6.07, 6.45) is 0. The molecule has 0 bridgehead atoms. The number of nitrogens with two attached hydrogens (primary N) is 1. The van der Waals surface area contributed by atoms with Crippen LogP contribution in [0.4, 0.5) is 5.13 Å². The maximum Gasteiger partial charge on any atom is 0.228 e. The first-order valence-electron chi connectivity index (χ1n) is 6.84. The van der Waals surface area contributed by atoms with Gasteiger partial charge in [0.1, 0.15) is 4.88 Å². The van der Waals surface area contributed by atoms with Gasteiger partial charge in [0.15, 0.2) is 11.0 Å². The molecule has 0 radical (unpaired) electrons. The third-order valence-corrected chi connectivity index (χ3v) is 3.97. The van der Waals surface area contributed by atoms with Gasteiger partial charge in [-0.05, 0) is 0 Å². The lowest BCUT2D eigenvalue weighted by molar-refractivity contribution is -0.118. The Morgan fingerprint density at radius 3 is 2.55 bits per heavy atom. The van der Waals surface area contributed by atoms with Crippen LogP contribution in [0.15, 0.2) is 30.3 Å². The molecule has 0 saturated heterocycles. The predicted molar refractivity (Wildman–Crippen MR) is 89.8 cm³/mol. The highest BCUT2D eigenvalue weighted by Crippen LogP contribution is 2.31. The SMILES string of the molecule is CC(C)C(=O)Nc1nc(-c2ccccc2)c(C(=N)N(C)N)s1. The molecular weight excluding hydrogens is 298 g/mol. The van der Waals surface area contributed by atoms with Crippen molar-refractivity contribution in [1.82, 2.24) is 9.99 Å². The summed E-state index contributed by atoms with van der Waals surface area (Å²) >= 11 is 1.25. The number of thiazole rings is 1. The van der Waals surface area contributed by atoms with Crippen LogP contribution < -0.4 is 11.2 Å². The predicted octanol–water partition coefficient (Wildman–Crippen LogP) is 2.54. The Bertz CT molecular complexity index is 678. The van der Waals surface area contributed by atoms with E-state index in [9.17, 15) is 4.79 Å². The minimum absolute atomic E-state index is 0.104. The maximum atomic E-state index is 11.8. The molecule has 7 heteroatoms. The van der Waals surface area contributed by atoms with Crippen molar-refractivity contribution in [3.05, 3.63) is 35.2 Å². The van der Waals surface area contributed by atoms with Crippen molar-refractivity contribution >= 4 is 28.2 Å². The first-order chi connectivity index (χ1) is 10.4. The molecule has 116 valence electrons. The van der Waals surface area contributed by atoms with Gasteiger partial charge in [0.05, 0.1) is 5.69 Å². The molecule has 2 rings (SSSR count). The zero-order valence-electron chi connectivity index (χ0n) is 12.8. The number of hydrogen-bond acceptors (Lipinski definition) is 5. The fraction of sp³-hybridized carbons (Fsp3) is 0.267. The van der Waals surface area contributed by atoms with Crippen LogP contribution in [0, 0.1) is 11.3 Å². The van der Waals surface area contributed by atoms with Gasteiger partial charge in [-0.1, -0.05) is 55.5 Å². The van der Waals surface area contributed by atoms with E-state index in [1.807, 2.05) is 44.2 Å². The van der Waals surface area contributed by atoms with Gasteiger partial charge < -0.3 is 5.32 Å². The highest BCUT2D eigenvalue weighted by atomic mass is 32.1. The van der Waals surface area contributed by atoms with Gasteiger partial charge in [0.2, 0.25) is 5.91 Å². The number of aromatic nitrogens is 1. The van der Waals surface area contributed by atoms with Crippen molar-refractivity contribution in [2.75, 3.05) is 12.4 Å². The number of hydrazine groups is 1. The summed E-state index contributed by atoms with van der Waals surface area (Å²) in [5, 5.41) is 12.6. The third kappa shape index (κ3) is 3.49. The smallest absolute Gasteiger partial charge is 0.228 e. The van der Waals surface area contributed by atoms with E-state index < -0.39 is 0 Å². The lowest BCUT2D eigenvalue weighted by atomic mass is 10.1. The van der Waals surface area contributed by atoms with Gasteiger partial charge in [0.25, 0.3) is 0 Å². The first kappa shape index (κ1) is 16.1. The minimum Gasteiger partial charge on any atom is -0.302 e. The highest BCUT2D eigenvalue weighted by Gasteiger charge is 2.20. The molecule has 1 aromatic carbocycles. The Labute approximate surface area is 133 Å². The van der Waals surface area contributed by atoms with Crippen molar-refractivity contribution in [2.45, 2.75) is 13.8 Å². The fourth-order valence-electron chi connectivity index (χ4n) is 1.74. The molecule has 0 saturated carbocycles. The number of amides is 1. The van der Waals surface area contributed by atoms with Crippen LogP contribution in [0.3, 0.4) is 0 Å². The molecule has 0 unspecified atom stereocenters. The second-order valence-electron chi connectivity index (χ2n) is 5.17. The molecule has 1 amide bonds. The number of amidine groups is 1. The molecule has 2 aromatic rings. The molecular formula is C15H19N5OS. The van der Waals surface area contributed by atoms with Crippen LogP contribution in [-0.2, 0) is 4.79 Å². The van der Waals surface area contributed by atoms with Crippen molar-refractivity contribution in [3.63, 3.8) is 0 Å². The number of nitrogens with zero attached hydrogens (tertiary/aromatic N) is 2. The second kappa shape index (κ2) is 6.67. The van der Waals surface area contributed by atoms with E-state index in [2.05, 4.69) is 10.3 Å². The molecule has 0 atom stereocenters. The van der Waals surface area contributed by atoms with Gasteiger partial charge in [0, 0.05) is 18.5 Å². The van der Waals surface area contributed by atoms with Crippen LogP contribution in [0.5, 0.6) is 0 Å². The normalized spacial score (nSPS) is 10.6. The van der Waals surface area contributed by atoms with E-state index >= 15 is 0 Å². The largest absolute Gasteiger partial charge is 0.302 e. The van der Waals surface area contributed by atoms with E-state index in [-0.39, 0.29) is 17.7 Å². The Balaban J connectivity index is 2.44. The van der Waals surface area contributed by atoms with E-state index in [0.717, 1.165) is 5.56 Å². The summed E-state index contributed by atoms with van der Waals surface area (Å²) in [5.74, 6) is 5.59. The van der Waals surface area contributed by atoms with E-state index in [4.69, 9.17) is 11.3 Å². The Kier molecular flexibility index (Phi) is 4.89. The molecule has 22 heavy (non-hydrogen) atoms. The van der Waals surface area contributed by atoms with Gasteiger partial charge in [-0.15, -0.1) is 0 Å². The van der Waals surface area contributed by atoms with Crippen molar-refractivity contribution < 1.29 is 4.79 Å². The van der Waals surface area contributed by atoms with Crippen LogP contribution >= 0.6 is 11.3 Å².